The van der Waals surface area contributed by atoms with Gasteiger partial charge in [-0.15, -0.1) is 0 Å². The molecule has 1 unspecified atom stereocenters. The molecule has 2 amide bonds. The molecular weight excluding hydrogens is 334 g/mol. The summed E-state index contributed by atoms with van der Waals surface area (Å²) < 4.78 is 5.23. The van der Waals surface area contributed by atoms with Crippen molar-refractivity contribution in [3.63, 3.8) is 0 Å². The first-order chi connectivity index (χ1) is 12.5. The van der Waals surface area contributed by atoms with Gasteiger partial charge in [-0.3, -0.25) is 14.7 Å². The van der Waals surface area contributed by atoms with E-state index in [9.17, 15) is 9.59 Å². The van der Waals surface area contributed by atoms with E-state index in [0.717, 1.165) is 37.1 Å². The summed E-state index contributed by atoms with van der Waals surface area (Å²) in [4.78, 5) is 28.4. The van der Waals surface area contributed by atoms with Gasteiger partial charge in [-0.1, -0.05) is 12.1 Å². The highest BCUT2D eigenvalue weighted by Gasteiger charge is 2.30. The van der Waals surface area contributed by atoms with E-state index in [4.69, 9.17) is 4.52 Å². The Morgan fingerprint density at radius 2 is 2.23 bits per heavy atom. The van der Waals surface area contributed by atoms with Gasteiger partial charge in [-0.2, -0.15) is 5.10 Å². The molecule has 26 heavy (non-hydrogen) atoms. The molecule has 2 aromatic rings. The second-order valence-electron chi connectivity index (χ2n) is 6.92. The second kappa shape index (κ2) is 7.72. The molecular formula is C18H25N5O3. The molecule has 3 rings (SSSR count). The van der Waals surface area contributed by atoms with E-state index in [2.05, 4.69) is 22.3 Å². The molecule has 0 aromatic carbocycles. The van der Waals surface area contributed by atoms with Gasteiger partial charge < -0.3 is 14.3 Å². The quantitative estimate of drug-likeness (QED) is 0.882. The maximum Gasteiger partial charge on any atom is 0.276 e. The van der Waals surface area contributed by atoms with Gasteiger partial charge in [-0.25, -0.2) is 0 Å². The minimum absolute atomic E-state index is 0.0520. The SMILES string of the molecule is CCCc1cc(C(=O)N2CCCC(c3[nH]ncc3C(=O)N(C)C)C2)no1. The van der Waals surface area contributed by atoms with Crippen LogP contribution in [0.5, 0.6) is 0 Å². The van der Waals surface area contributed by atoms with Crippen LogP contribution in [0.4, 0.5) is 0 Å². The van der Waals surface area contributed by atoms with Gasteiger partial charge in [-0.05, 0) is 19.3 Å². The van der Waals surface area contributed by atoms with Crippen molar-refractivity contribution in [2.24, 2.45) is 0 Å². The number of rotatable bonds is 5. The van der Waals surface area contributed by atoms with Crippen LogP contribution < -0.4 is 0 Å². The Balaban J connectivity index is 1.74. The fourth-order valence-electron chi connectivity index (χ4n) is 3.36. The van der Waals surface area contributed by atoms with Gasteiger partial charge >= 0.3 is 0 Å². The van der Waals surface area contributed by atoms with Gasteiger partial charge in [0.1, 0.15) is 5.76 Å². The highest BCUT2D eigenvalue weighted by molar-refractivity contribution is 5.95. The first kappa shape index (κ1) is 18.2. The topological polar surface area (TPSA) is 95.3 Å². The lowest BCUT2D eigenvalue weighted by Crippen LogP contribution is -2.39. The average molecular weight is 359 g/mol. The summed E-state index contributed by atoms with van der Waals surface area (Å²) in [5, 5.41) is 10.9. The first-order valence-electron chi connectivity index (χ1n) is 9.01. The van der Waals surface area contributed by atoms with Crippen molar-refractivity contribution >= 4 is 11.8 Å². The summed E-state index contributed by atoms with van der Waals surface area (Å²) in [6.07, 6.45) is 5.04. The molecule has 1 aliphatic rings. The Morgan fingerprint density at radius 3 is 2.96 bits per heavy atom. The summed E-state index contributed by atoms with van der Waals surface area (Å²) in [5.41, 5.74) is 1.72. The van der Waals surface area contributed by atoms with Gasteiger partial charge in [0, 0.05) is 45.6 Å². The first-order valence-corrected chi connectivity index (χ1v) is 9.01. The van der Waals surface area contributed by atoms with E-state index >= 15 is 0 Å². The standard InChI is InChI=1S/C18H25N5O3/c1-4-6-13-9-15(21-26-13)18(25)23-8-5-7-12(11-23)16-14(10-19-20-16)17(24)22(2)3/h9-10,12H,4-8,11H2,1-3H3,(H,19,20). The molecule has 0 saturated carbocycles. The lowest BCUT2D eigenvalue weighted by Gasteiger charge is -2.32. The van der Waals surface area contributed by atoms with Crippen LogP contribution in [0.2, 0.25) is 0 Å². The number of aryl methyl sites for hydroxylation is 1. The summed E-state index contributed by atoms with van der Waals surface area (Å²) in [7, 11) is 3.43. The number of aromatic amines is 1. The van der Waals surface area contributed by atoms with Crippen molar-refractivity contribution in [3.8, 4) is 0 Å². The molecule has 2 aromatic heterocycles. The van der Waals surface area contributed by atoms with Crippen LogP contribution in [0.25, 0.3) is 0 Å². The molecule has 1 atom stereocenters. The number of hydrogen-bond donors (Lipinski definition) is 1. The molecule has 1 aliphatic heterocycles. The fraction of sp³-hybridized carbons (Fsp3) is 0.556. The summed E-state index contributed by atoms with van der Waals surface area (Å²) >= 11 is 0. The highest BCUT2D eigenvalue weighted by Crippen LogP contribution is 2.29. The van der Waals surface area contributed by atoms with Crippen LogP contribution in [0.15, 0.2) is 16.8 Å². The van der Waals surface area contributed by atoms with E-state index in [1.54, 1.807) is 31.3 Å². The molecule has 1 saturated heterocycles. The monoisotopic (exact) mass is 359 g/mol. The third-order valence-electron chi connectivity index (χ3n) is 4.70. The van der Waals surface area contributed by atoms with Gasteiger partial charge in [0.05, 0.1) is 17.5 Å². The number of amides is 2. The molecule has 3 heterocycles. The Hall–Kier alpha value is -2.64. The van der Waals surface area contributed by atoms with Crippen molar-refractivity contribution < 1.29 is 14.1 Å². The zero-order chi connectivity index (χ0) is 18.7. The molecule has 1 fully saturated rings. The smallest absolute Gasteiger partial charge is 0.276 e. The summed E-state index contributed by atoms with van der Waals surface area (Å²) in [5.74, 6) is 0.576. The number of H-pyrrole nitrogens is 1. The van der Waals surface area contributed by atoms with E-state index in [1.807, 2.05) is 0 Å². The predicted octanol–water partition coefficient (Wildman–Crippen LogP) is 2.07. The number of carbonyl (C=O) groups is 2. The fourth-order valence-corrected chi connectivity index (χ4v) is 3.36. The molecule has 0 radical (unpaired) electrons. The van der Waals surface area contributed by atoms with E-state index in [-0.39, 0.29) is 17.7 Å². The van der Waals surface area contributed by atoms with Crippen molar-refractivity contribution in [1.82, 2.24) is 25.2 Å². The molecule has 140 valence electrons. The molecule has 0 aliphatic carbocycles. The summed E-state index contributed by atoms with van der Waals surface area (Å²) in [6.45, 7) is 3.26. The maximum absolute atomic E-state index is 12.8. The lowest BCUT2D eigenvalue weighted by molar-refractivity contribution is 0.0695. The van der Waals surface area contributed by atoms with E-state index in [0.29, 0.717) is 24.3 Å². The highest BCUT2D eigenvalue weighted by atomic mass is 16.5. The van der Waals surface area contributed by atoms with Crippen LogP contribution in [0, 0.1) is 0 Å². The number of carbonyl (C=O) groups excluding carboxylic acids is 2. The number of hydrogen-bond acceptors (Lipinski definition) is 5. The van der Waals surface area contributed by atoms with E-state index in [1.165, 1.54) is 4.90 Å². The largest absolute Gasteiger partial charge is 0.361 e. The van der Waals surface area contributed by atoms with Crippen molar-refractivity contribution in [2.75, 3.05) is 27.2 Å². The third-order valence-corrected chi connectivity index (χ3v) is 4.70. The van der Waals surface area contributed by atoms with Crippen molar-refractivity contribution in [1.29, 1.82) is 0 Å². The Labute approximate surface area is 152 Å². The average Bonchev–Trinajstić information content (AvgIpc) is 3.30. The number of nitrogens with one attached hydrogen (secondary N) is 1. The molecule has 1 N–H and O–H groups in total. The molecule has 8 heteroatoms. The van der Waals surface area contributed by atoms with Gasteiger partial charge in [0.25, 0.3) is 11.8 Å². The number of piperidine rings is 1. The van der Waals surface area contributed by atoms with E-state index < -0.39 is 0 Å². The molecule has 8 nitrogen and oxygen atoms in total. The second-order valence-corrected chi connectivity index (χ2v) is 6.92. The van der Waals surface area contributed by atoms with Crippen LogP contribution in [0.3, 0.4) is 0 Å². The summed E-state index contributed by atoms with van der Waals surface area (Å²) in [6, 6.07) is 1.73. The molecule has 0 spiro atoms. The van der Waals surface area contributed by atoms with Crippen LogP contribution in [0.1, 0.15) is 64.4 Å². The normalized spacial score (nSPS) is 17.3. The Kier molecular flexibility index (Phi) is 5.39. The zero-order valence-electron chi connectivity index (χ0n) is 15.5. The van der Waals surface area contributed by atoms with Gasteiger partial charge in [0.2, 0.25) is 0 Å². The third kappa shape index (κ3) is 3.63. The Morgan fingerprint density at radius 1 is 1.42 bits per heavy atom. The number of aromatic nitrogens is 3. The van der Waals surface area contributed by atoms with Crippen molar-refractivity contribution in [3.05, 3.63) is 35.0 Å². The molecule has 0 bridgehead atoms. The van der Waals surface area contributed by atoms with Crippen molar-refractivity contribution in [2.45, 2.75) is 38.5 Å². The Bertz CT molecular complexity index is 779. The number of nitrogens with zero attached hydrogens (tertiary/aromatic N) is 4. The lowest BCUT2D eigenvalue weighted by atomic mass is 9.92. The minimum Gasteiger partial charge on any atom is -0.361 e. The maximum atomic E-state index is 12.8. The van der Waals surface area contributed by atoms with Crippen LogP contribution in [-0.2, 0) is 6.42 Å². The van der Waals surface area contributed by atoms with Crippen LogP contribution in [-0.4, -0.2) is 64.2 Å². The minimum atomic E-state index is -0.124. The predicted molar refractivity (Wildman–Crippen MR) is 95.0 cm³/mol. The zero-order valence-corrected chi connectivity index (χ0v) is 15.5. The number of likely N-dealkylation sites (tertiary alicyclic amines) is 1. The van der Waals surface area contributed by atoms with Crippen LogP contribution >= 0.6 is 0 Å². The van der Waals surface area contributed by atoms with Gasteiger partial charge in [0.15, 0.2) is 5.69 Å².